The van der Waals surface area contributed by atoms with Gasteiger partial charge in [-0.2, -0.15) is 0 Å². The van der Waals surface area contributed by atoms with E-state index >= 15 is 0 Å². The van der Waals surface area contributed by atoms with Crippen LogP contribution in [0.5, 0.6) is 5.75 Å². The highest BCUT2D eigenvalue weighted by molar-refractivity contribution is 7.17. The molecule has 0 spiro atoms. The van der Waals surface area contributed by atoms with E-state index in [9.17, 15) is 0 Å². The minimum absolute atomic E-state index is 0.691. The zero-order valence-electron chi connectivity index (χ0n) is 7.41. The Morgan fingerprint density at radius 3 is 3.00 bits per heavy atom. The van der Waals surface area contributed by atoms with Gasteiger partial charge in [-0.15, -0.1) is 11.3 Å². The molecule has 0 amide bonds. The van der Waals surface area contributed by atoms with Gasteiger partial charge >= 0.3 is 0 Å². The fourth-order valence-electron chi connectivity index (χ4n) is 1.33. The Balaban J connectivity index is 2.64. The van der Waals surface area contributed by atoms with Crippen LogP contribution in [0.2, 0.25) is 0 Å². The first-order valence-electron chi connectivity index (χ1n) is 4.21. The summed E-state index contributed by atoms with van der Waals surface area (Å²) in [6, 6.07) is 5.84. The lowest BCUT2D eigenvalue weighted by Gasteiger charge is -2.05. The lowest BCUT2D eigenvalue weighted by atomic mass is 10.2. The molecule has 0 radical (unpaired) electrons. The average Bonchev–Trinajstić information content (AvgIpc) is 2.59. The van der Waals surface area contributed by atoms with E-state index in [-0.39, 0.29) is 0 Å². The van der Waals surface area contributed by atoms with Crippen LogP contribution in [0, 0.1) is 0 Å². The molecule has 2 aromatic rings. The SMILES string of the molecule is CCOc1ccc(N)c2ccsc12. The molecular formula is C10H11NOS. The second-order valence-corrected chi connectivity index (χ2v) is 3.67. The molecule has 0 fully saturated rings. The van der Waals surface area contributed by atoms with Crippen molar-refractivity contribution in [1.82, 2.24) is 0 Å². The number of rotatable bonds is 2. The van der Waals surface area contributed by atoms with Gasteiger partial charge in [0.2, 0.25) is 0 Å². The molecule has 1 heterocycles. The molecule has 0 aliphatic heterocycles. The van der Waals surface area contributed by atoms with Crippen LogP contribution in [0.25, 0.3) is 10.1 Å². The van der Waals surface area contributed by atoms with Crippen LogP contribution in [0.4, 0.5) is 5.69 Å². The molecule has 0 unspecified atom stereocenters. The number of thiophene rings is 1. The Labute approximate surface area is 80.9 Å². The largest absolute Gasteiger partial charge is 0.492 e. The first-order valence-corrected chi connectivity index (χ1v) is 5.09. The van der Waals surface area contributed by atoms with Gasteiger partial charge < -0.3 is 10.5 Å². The molecule has 1 aromatic heterocycles. The van der Waals surface area contributed by atoms with E-state index in [1.165, 1.54) is 0 Å². The predicted molar refractivity (Wildman–Crippen MR) is 57.4 cm³/mol. The molecule has 2 nitrogen and oxygen atoms in total. The molecule has 0 bridgehead atoms. The van der Waals surface area contributed by atoms with Crippen LogP contribution >= 0.6 is 11.3 Å². The van der Waals surface area contributed by atoms with Crippen molar-refractivity contribution >= 4 is 27.1 Å². The van der Waals surface area contributed by atoms with Crippen LogP contribution in [-0.2, 0) is 0 Å². The Bertz CT molecular complexity index is 422. The van der Waals surface area contributed by atoms with Crippen molar-refractivity contribution in [3.05, 3.63) is 23.6 Å². The normalized spacial score (nSPS) is 10.5. The van der Waals surface area contributed by atoms with Crippen LogP contribution in [-0.4, -0.2) is 6.61 Å². The summed E-state index contributed by atoms with van der Waals surface area (Å²) >= 11 is 1.66. The van der Waals surface area contributed by atoms with E-state index in [1.54, 1.807) is 11.3 Å². The topological polar surface area (TPSA) is 35.2 Å². The minimum Gasteiger partial charge on any atom is -0.492 e. The van der Waals surface area contributed by atoms with Crippen LogP contribution in [0.1, 0.15) is 6.92 Å². The third-order valence-electron chi connectivity index (χ3n) is 1.91. The van der Waals surface area contributed by atoms with Crippen molar-refractivity contribution in [2.45, 2.75) is 6.92 Å². The van der Waals surface area contributed by atoms with Gasteiger partial charge in [0.1, 0.15) is 5.75 Å². The zero-order chi connectivity index (χ0) is 9.26. The Morgan fingerprint density at radius 2 is 2.23 bits per heavy atom. The number of nitrogen functional groups attached to an aromatic ring is 1. The molecule has 2 N–H and O–H groups in total. The van der Waals surface area contributed by atoms with E-state index in [0.29, 0.717) is 6.61 Å². The Morgan fingerprint density at radius 1 is 1.38 bits per heavy atom. The smallest absolute Gasteiger partial charge is 0.137 e. The third kappa shape index (κ3) is 1.35. The molecule has 0 aliphatic carbocycles. The van der Waals surface area contributed by atoms with Crippen molar-refractivity contribution in [3.63, 3.8) is 0 Å². The van der Waals surface area contributed by atoms with E-state index in [0.717, 1.165) is 21.5 Å². The van der Waals surface area contributed by atoms with Gasteiger partial charge in [-0.1, -0.05) is 0 Å². The fraction of sp³-hybridized carbons (Fsp3) is 0.200. The predicted octanol–water partition coefficient (Wildman–Crippen LogP) is 2.88. The maximum Gasteiger partial charge on any atom is 0.137 e. The fourth-order valence-corrected chi connectivity index (χ4v) is 2.22. The first-order chi connectivity index (χ1) is 6.33. The van der Waals surface area contributed by atoms with Crippen molar-refractivity contribution in [2.24, 2.45) is 0 Å². The van der Waals surface area contributed by atoms with Gasteiger partial charge in [-0.3, -0.25) is 0 Å². The molecule has 2 rings (SSSR count). The van der Waals surface area contributed by atoms with Gasteiger partial charge in [0.05, 0.1) is 11.3 Å². The molecule has 3 heteroatoms. The maximum atomic E-state index is 5.82. The van der Waals surface area contributed by atoms with Gasteiger partial charge in [-0.05, 0) is 30.5 Å². The summed E-state index contributed by atoms with van der Waals surface area (Å²) in [7, 11) is 0. The highest BCUT2D eigenvalue weighted by atomic mass is 32.1. The molecular weight excluding hydrogens is 182 g/mol. The van der Waals surface area contributed by atoms with Crippen LogP contribution in [0.3, 0.4) is 0 Å². The van der Waals surface area contributed by atoms with Crippen LogP contribution in [0.15, 0.2) is 23.6 Å². The van der Waals surface area contributed by atoms with Gasteiger partial charge in [0, 0.05) is 11.1 Å². The van der Waals surface area contributed by atoms with E-state index < -0.39 is 0 Å². The van der Waals surface area contributed by atoms with E-state index in [4.69, 9.17) is 10.5 Å². The second-order valence-electron chi connectivity index (χ2n) is 2.75. The number of fused-ring (bicyclic) bond motifs is 1. The monoisotopic (exact) mass is 193 g/mol. The molecule has 0 aliphatic rings. The highest BCUT2D eigenvalue weighted by Gasteiger charge is 2.05. The second kappa shape index (κ2) is 3.26. The summed E-state index contributed by atoms with van der Waals surface area (Å²) in [5.74, 6) is 0.932. The van der Waals surface area contributed by atoms with Crippen molar-refractivity contribution in [3.8, 4) is 5.75 Å². The highest BCUT2D eigenvalue weighted by Crippen LogP contribution is 2.34. The van der Waals surface area contributed by atoms with E-state index in [1.807, 2.05) is 30.5 Å². The molecule has 0 atom stereocenters. The molecule has 1 aromatic carbocycles. The average molecular weight is 193 g/mol. The van der Waals surface area contributed by atoms with Gasteiger partial charge in [-0.25, -0.2) is 0 Å². The number of hydrogen-bond acceptors (Lipinski definition) is 3. The Hall–Kier alpha value is -1.22. The summed E-state index contributed by atoms with van der Waals surface area (Å²) in [5, 5.41) is 3.12. The summed E-state index contributed by atoms with van der Waals surface area (Å²) < 4.78 is 6.63. The third-order valence-corrected chi connectivity index (χ3v) is 2.84. The Kier molecular flexibility index (Phi) is 2.10. The first kappa shape index (κ1) is 8.38. The molecule has 0 saturated carbocycles. The maximum absolute atomic E-state index is 5.82. The summed E-state index contributed by atoms with van der Waals surface area (Å²) in [6.45, 7) is 2.67. The van der Waals surface area contributed by atoms with Gasteiger partial charge in [0.25, 0.3) is 0 Å². The number of hydrogen-bond donors (Lipinski definition) is 1. The lowest BCUT2D eigenvalue weighted by molar-refractivity contribution is 0.345. The number of nitrogens with two attached hydrogens (primary N) is 1. The number of anilines is 1. The number of benzene rings is 1. The number of ether oxygens (including phenoxy) is 1. The lowest BCUT2D eigenvalue weighted by Crippen LogP contribution is -1.92. The molecule has 0 saturated heterocycles. The standard InChI is InChI=1S/C10H11NOS/c1-2-12-9-4-3-8(11)7-5-6-13-10(7)9/h3-6H,2,11H2,1H3. The summed E-state index contributed by atoms with van der Waals surface area (Å²) in [4.78, 5) is 0. The molecule has 68 valence electrons. The summed E-state index contributed by atoms with van der Waals surface area (Å²) in [6.07, 6.45) is 0. The van der Waals surface area contributed by atoms with Crippen molar-refractivity contribution in [2.75, 3.05) is 12.3 Å². The van der Waals surface area contributed by atoms with Crippen molar-refractivity contribution in [1.29, 1.82) is 0 Å². The minimum atomic E-state index is 0.691. The molecule has 13 heavy (non-hydrogen) atoms. The van der Waals surface area contributed by atoms with E-state index in [2.05, 4.69) is 0 Å². The quantitative estimate of drug-likeness (QED) is 0.744. The van der Waals surface area contributed by atoms with Crippen LogP contribution < -0.4 is 10.5 Å². The summed E-state index contributed by atoms with van der Waals surface area (Å²) in [5.41, 5.74) is 6.64. The van der Waals surface area contributed by atoms with Crippen molar-refractivity contribution < 1.29 is 4.74 Å². The van der Waals surface area contributed by atoms with Gasteiger partial charge in [0.15, 0.2) is 0 Å². The zero-order valence-corrected chi connectivity index (χ0v) is 8.23.